The molecule has 0 saturated carbocycles. The van der Waals surface area contributed by atoms with Crippen LogP contribution < -0.4 is 9.80 Å². The monoisotopic (exact) mass is 332 g/mol. The lowest BCUT2D eigenvalue weighted by Gasteiger charge is -2.17. The highest BCUT2D eigenvalue weighted by Crippen LogP contribution is 2.44. The lowest BCUT2D eigenvalue weighted by atomic mass is 10.3. The number of hydrogen-bond donors (Lipinski definition) is 0. The molecule has 0 aromatic heterocycles. The number of anilines is 2. The quantitative estimate of drug-likeness (QED) is 0.573. The van der Waals surface area contributed by atoms with Crippen molar-refractivity contribution in [3.05, 3.63) is 48.5 Å². The molecule has 0 atom stereocenters. The van der Waals surface area contributed by atoms with Gasteiger partial charge in [0.15, 0.2) is 0 Å². The number of benzene rings is 2. The Labute approximate surface area is 137 Å². The zero-order valence-electron chi connectivity index (χ0n) is 12.3. The second-order valence-electron chi connectivity index (χ2n) is 4.53. The van der Waals surface area contributed by atoms with Gasteiger partial charge in [0.25, 0.3) is 0 Å². The van der Waals surface area contributed by atoms with Gasteiger partial charge in [-0.1, -0.05) is 45.9 Å². The first-order chi connectivity index (χ1) is 10.7. The fourth-order valence-corrected chi connectivity index (χ4v) is 4.27. The molecule has 2 aromatic carbocycles. The summed E-state index contributed by atoms with van der Waals surface area (Å²) >= 11 is 0. The van der Waals surface area contributed by atoms with Crippen LogP contribution in [0.25, 0.3) is 0 Å². The summed E-state index contributed by atoms with van der Waals surface area (Å²) in [6, 6.07) is 15.4. The minimum absolute atomic E-state index is 0.790. The molecule has 0 aliphatic heterocycles. The Balaban J connectivity index is 2.21. The molecule has 0 bridgehead atoms. The first kappa shape index (κ1) is 16.5. The van der Waals surface area contributed by atoms with Crippen molar-refractivity contribution < 1.29 is 9.59 Å². The minimum atomic E-state index is 0.790. The van der Waals surface area contributed by atoms with E-state index in [1.807, 2.05) is 48.5 Å². The number of rotatable bonds is 7. The van der Waals surface area contributed by atoms with Crippen molar-refractivity contribution in [3.8, 4) is 0 Å². The summed E-state index contributed by atoms with van der Waals surface area (Å²) in [4.78, 5) is 27.0. The minimum Gasteiger partial charge on any atom is -0.317 e. The Bertz CT molecular complexity index is 607. The Morgan fingerprint density at radius 3 is 1.45 bits per heavy atom. The van der Waals surface area contributed by atoms with Crippen molar-refractivity contribution in [2.75, 3.05) is 23.9 Å². The van der Waals surface area contributed by atoms with Gasteiger partial charge in [0.1, 0.15) is 0 Å². The van der Waals surface area contributed by atoms with E-state index in [-0.39, 0.29) is 0 Å². The molecular weight excluding hydrogens is 316 g/mol. The van der Waals surface area contributed by atoms with Crippen molar-refractivity contribution in [1.29, 1.82) is 0 Å². The Kier molecular flexibility index (Phi) is 5.91. The largest absolute Gasteiger partial charge is 0.317 e. The van der Waals surface area contributed by atoms with E-state index < -0.39 is 0 Å². The van der Waals surface area contributed by atoms with E-state index >= 15 is 0 Å². The zero-order valence-corrected chi connectivity index (χ0v) is 13.9. The number of hydrogen-bond acceptors (Lipinski definition) is 4. The molecule has 0 radical (unpaired) electrons. The summed E-state index contributed by atoms with van der Waals surface area (Å²) in [6.07, 6.45) is 1.58. The van der Waals surface area contributed by atoms with Gasteiger partial charge in [-0.2, -0.15) is 0 Å². The van der Waals surface area contributed by atoms with Crippen LogP contribution in [0.3, 0.4) is 0 Å². The summed E-state index contributed by atoms with van der Waals surface area (Å²) in [5.74, 6) is 0. The van der Waals surface area contributed by atoms with Gasteiger partial charge < -0.3 is 9.80 Å². The normalized spacial score (nSPS) is 10.1. The molecule has 0 saturated heterocycles. The molecule has 0 spiro atoms. The smallest absolute Gasteiger partial charge is 0.213 e. The van der Waals surface area contributed by atoms with Crippen LogP contribution in [0.1, 0.15) is 0 Å². The van der Waals surface area contributed by atoms with Gasteiger partial charge in [-0.3, -0.25) is 9.59 Å². The van der Waals surface area contributed by atoms with Crippen molar-refractivity contribution >= 4 is 45.8 Å². The number of para-hydroxylation sites is 2. The highest BCUT2D eigenvalue weighted by Gasteiger charge is 2.11. The van der Waals surface area contributed by atoms with E-state index in [1.165, 1.54) is 0 Å². The number of nitrogens with zero attached hydrogens (tertiary/aromatic N) is 2. The van der Waals surface area contributed by atoms with Crippen LogP contribution in [-0.4, -0.2) is 26.9 Å². The van der Waals surface area contributed by atoms with Crippen molar-refractivity contribution in [1.82, 2.24) is 0 Å². The van der Waals surface area contributed by atoms with Crippen LogP contribution in [-0.2, 0) is 9.59 Å². The molecule has 2 aromatic rings. The van der Waals surface area contributed by atoms with Crippen molar-refractivity contribution in [2.24, 2.45) is 0 Å². The van der Waals surface area contributed by atoms with Crippen LogP contribution in [0, 0.1) is 0 Å². The summed E-state index contributed by atoms with van der Waals surface area (Å²) in [6.45, 7) is 0. The predicted molar refractivity (Wildman–Crippen MR) is 93.5 cm³/mol. The van der Waals surface area contributed by atoms with Crippen molar-refractivity contribution in [3.63, 3.8) is 0 Å². The van der Waals surface area contributed by atoms with Gasteiger partial charge in [0, 0.05) is 23.9 Å². The second kappa shape index (κ2) is 7.91. The van der Waals surface area contributed by atoms with E-state index in [0.29, 0.717) is 0 Å². The molecule has 2 rings (SSSR count). The van der Waals surface area contributed by atoms with Gasteiger partial charge in [-0.05, 0) is 24.3 Å². The fraction of sp³-hybridized carbons (Fsp3) is 0.125. The third-order valence-corrected chi connectivity index (χ3v) is 5.49. The third kappa shape index (κ3) is 3.84. The van der Waals surface area contributed by atoms with E-state index in [9.17, 15) is 9.59 Å². The van der Waals surface area contributed by atoms with E-state index in [2.05, 4.69) is 0 Å². The lowest BCUT2D eigenvalue weighted by Crippen LogP contribution is -2.14. The van der Waals surface area contributed by atoms with E-state index in [0.717, 1.165) is 34.0 Å². The molecule has 0 aliphatic rings. The number of carbonyl (C=O) groups is 2. The van der Waals surface area contributed by atoms with Gasteiger partial charge in [-0.15, -0.1) is 0 Å². The van der Waals surface area contributed by atoms with Crippen LogP contribution >= 0.6 is 21.6 Å². The van der Waals surface area contributed by atoms with Crippen LogP contribution in [0.4, 0.5) is 11.4 Å². The van der Waals surface area contributed by atoms with Gasteiger partial charge in [-0.25, -0.2) is 0 Å². The first-order valence-electron chi connectivity index (χ1n) is 6.56. The Morgan fingerprint density at radius 1 is 0.727 bits per heavy atom. The molecule has 22 heavy (non-hydrogen) atoms. The SMILES string of the molecule is CN(C=O)c1ccccc1SSc1ccccc1N(C)C=O. The summed E-state index contributed by atoms with van der Waals surface area (Å²) in [7, 11) is 6.57. The highest BCUT2D eigenvalue weighted by atomic mass is 33.1. The van der Waals surface area contributed by atoms with Crippen LogP contribution in [0.5, 0.6) is 0 Å². The van der Waals surface area contributed by atoms with Gasteiger partial charge >= 0.3 is 0 Å². The molecule has 2 amide bonds. The molecule has 0 aliphatic carbocycles. The standard InChI is InChI=1S/C16H16N2O2S2/c1-17(11-19)13-7-3-5-9-15(13)21-22-16-10-6-4-8-14(16)18(2)12-20/h3-12H,1-2H3. The highest BCUT2D eigenvalue weighted by molar-refractivity contribution is 8.76. The summed E-state index contributed by atoms with van der Waals surface area (Å²) < 4.78 is 0. The Hall–Kier alpha value is -1.92. The molecule has 6 heteroatoms. The van der Waals surface area contributed by atoms with Gasteiger partial charge in [0.2, 0.25) is 12.8 Å². The Morgan fingerprint density at radius 2 is 1.09 bits per heavy atom. The van der Waals surface area contributed by atoms with Crippen LogP contribution in [0.2, 0.25) is 0 Å². The third-order valence-electron chi connectivity index (χ3n) is 3.03. The first-order valence-corrected chi connectivity index (χ1v) is 8.71. The maximum absolute atomic E-state index is 11.0. The van der Waals surface area contributed by atoms with Gasteiger partial charge in [0.05, 0.1) is 11.4 Å². The average molecular weight is 332 g/mol. The van der Waals surface area contributed by atoms with E-state index in [4.69, 9.17) is 0 Å². The number of carbonyl (C=O) groups excluding carboxylic acids is 2. The summed E-state index contributed by atoms with van der Waals surface area (Å²) in [5.41, 5.74) is 1.72. The second-order valence-corrected chi connectivity index (χ2v) is 6.75. The topological polar surface area (TPSA) is 40.6 Å². The maximum atomic E-state index is 11.0. The molecule has 114 valence electrons. The van der Waals surface area contributed by atoms with E-state index in [1.54, 1.807) is 45.5 Å². The lowest BCUT2D eigenvalue weighted by molar-refractivity contribution is -0.108. The predicted octanol–water partition coefficient (Wildman–Crippen LogP) is 3.67. The zero-order chi connectivity index (χ0) is 15.9. The average Bonchev–Trinajstić information content (AvgIpc) is 2.59. The van der Waals surface area contributed by atoms with Crippen LogP contribution in [0.15, 0.2) is 58.3 Å². The molecule has 0 fully saturated rings. The molecule has 0 N–H and O–H groups in total. The molecule has 4 nitrogen and oxygen atoms in total. The fourth-order valence-electron chi connectivity index (χ4n) is 1.84. The maximum Gasteiger partial charge on any atom is 0.213 e. The molecule has 0 unspecified atom stereocenters. The summed E-state index contributed by atoms with van der Waals surface area (Å²) in [5, 5.41) is 0. The molecule has 0 heterocycles. The van der Waals surface area contributed by atoms with Crippen molar-refractivity contribution in [2.45, 2.75) is 9.79 Å². The molecular formula is C16H16N2O2S2. The number of amides is 2.